The van der Waals surface area contributed by atoms with Crippen LogP contribution in [0.2, 0.25) is 0 Å². The maximum absolute atomic E-state index is 13.4. The molecule has 0 unspecified atom stereocenters. The Balaban J connectivity index is 1.66. The van der Waals surface area contributed by atoms with Crippen LogP contribution in [0.4, 0.5) is 4.39 Å². The van der Waals surface area contributed by atoms with Crippen LogP contribution in [0.1, 0.15) is 57.4 Å². The van der Waals surface area contributed by atoms with Crippen molar-refractivity contribution in [2.75, 3.05) is 6.61 Å². The molecule has 0 heterocycles. The van der Waals surface area contributed by atoms with E-state index in [9.17, 15) is 4.39 Å². The maximum atomic E-state index is 13.4. The molecule has 0 aromatic heterocycles. The number of nitrogens with zero attached hydrogens (tertiary/aromatic N) is 1. The number of rotatable bonds is 6. The summed E-state index contributed by atoms with van der Waals surface area (Å²) in [5.41, 5.74) is 0.0648. The molecule has 1 fully saturated rings. The Hall–Kier alpha value is -1.56. The molecule has 0 aliphatic heterocycles. The van der Waals surface area contributed by atoms with E-state index in [1.54, 1.807) is 6.07 Å². The van der Waals surface area contributed by atoms with Crippen LogP contribution < -0.4 is 4.74 Å². The van der Waals surface area contributed by atoms with Crippen molar-refractivity contribution in [2.24, 2.45) is 11.8 Å². The van der Waals surface area contributed by atoms with E-state index in [1.165, 1.54) is 50.7 Å². The molecule has 1 aromatic rings. The van der Waals surface area contributed by atoms with Crippen molar-refractivity contribution in [2.45, 2.75) is 51.9 Å². The monoisotopic (exact) mass is 289 g/mol. The van der Waals surface area contributed by atoms with E-state index in [2.05, 4.69) is 6.92 Å². The van der Waals surface area contributed by atoms with Gasteiger partial charge in [0.2, 0.25) is 0 Å². The standard InChI is InChI=1S/C18H24FNO/c1-2-14-5-7-15(8-6-14)4-3-11-21-17-10-9-16(13-20)18(19)12-17/h9-10,12,14-15H,2-8,11H2,1H3. The third-order valence-corrected chi connectivity index (χ3v) is 4.63. The van der Waals surface area contributed by atoms with Crippen LogP contribution in [-0.4, -0.2) is 6.61 Å². The average molecular weight is 289 g/mol. The summed E-state index contributed by atoms with van der Waals surface area (Å²) >= 11 is 0. The highest BCUT2D eigenvalue weighted by Crippen LogP contribution is 2.33. The molecule has 1 aliphatic carbocycles. The van der Waals surface area contributed by atoms with Gasteiger partial charge in [-0.15, -0.1) is 0 Å². The third kappa shape index (κ3) is 4.74. The SMILES string of the molecule is CCC1CCC(CCCOc2ccc(C#N)c(F)c2)CC1. The van der Waals surface area contributed by atoms with Gasteiger partial charge in [-0.25, -0.2) is 4.39 Å². The molecular formula is C18H24FNO. The van der Waals surface area contributed by atoms with Gasteiger partial charge in [-0.1, -0.05) is 39.0 Å². The first-order valence-electron chi connectivity index (χ1n) is 8.05. The summed E-state index contributed by atoms with van der Waals surface area (Å²) in [6, 6.07) is 6.24. The van der Waals surface area contributed by atoms with Gasteiger partial charge in [0.1, 0.15) is 17.6 Å². The Labute approximate surface area is 126 Å². The van der Waals surface area contributed by atoms with Gasteiger partial charge in [-0.05, 0) is 36.8 Å². The van der Waals surface area contributed by atoms with E-state index in [4.69, 9.17) is 10.00 Å². The van der Waals surface area contributed by atoms with Crippen molar-refractivity contribution in [1.29, 1.82) is 5.26 Å². The fraction of sp³-hybridized carbons (Fsp3) is 0.611. The van der Waals surface area contributed by atoms with Gasteiger partial charge >= 0.3 is 0 Å². The molecule has 0 amide bonds. The summed E-state index contributed by atoms with van der Waals surface area (Å²) in [7, 11) is 0. The van der Waals surface area contributed by atoms with Gasteiger partial charge in [0, 0.05) is 6.07 Å². The quantitative estimate of drug-likeness (QED) is 0.685. The zero-order valence-corrected chi connectivity index (χ0v) is 12.8. The smallest absolute Gasteiger partial charge is 0.144 e. The van der Waals surface area contributed by atoms with E-state index in [0.717, 1.165) is 18.3 Å². The Morgan fingerprint density at radius 1 is 1.24 bits per heavy atom. The molecule has 1 aliphatic rings. The van der Waals surface area contributed by atoms with E-state index < -0.39 is 5.82 Å². The van der Waals surface area contributed by atoms with Gasteiger partial charge in [0.15, 0.2) is 0 Å². The van der Waals surface area contributed by atoms with Crippen LogP contribution in [-0.2, 0) is 0 Å². The van der Waals surface area contributed by atoms with Crippen LogP contribution in [0.5, 0.6) is 5.75 Å². The number of ether oxygens (including phenoxy) is 1. The summed E-state index contributed by atoms with van der Waals surface area (Å²) in [5, 5.41) is 8.67. The predicted octanol–water partition coefficient (Wildman–Crippen LogP) is 5.07. The Kier molecular flexibility index (Phi) is 6.04. The lowest BCUT2D eigenvalue weighted by Crippen LogP contribution is -2.14. The van der Waals surface area contributed by atoms with Gasteiger partial charge < -0.3 is 4.74 Å². The number of halogens is 1. The maximum Gasteiger partial charge on any atom is 0.144 e. The second-order valence-corrected chi connectivity index (χ2v) is 6.04. The van der Waals surface area contributed by atoms with Gasteiger partial charge in [0.25, 0.3) is 0 Å². The minimum Gasteiger partial charge on any atom is -0.493 e. The molecule has 3 heteroatoms. The highest BCUT2D eigenvalue weighted by atomic mass is 19.1. The Morgan fingerprint density at radius 2 is 1.95 bits per heavy atom. The van der Waals surface area contributed by atoms with Crippen LogP contribution in [0, 0.1) is 29.0 Å². The van der Waals surface area contributed by atoms with Gasteiger partial charge in [-0.3, -0.25) is 0 Å². The molecule has 2 nitrogen and oxygen atoms in total. The number of benzene rings is 1. The topological polar surface area (TPSA) is 33.0 Å². The predicted molar refractivity (Wildman–Crippen MR) is 81.6 cm³/mol. The zero-order valence-electron chi connectivity index (χ0n) is 12.8. The van der Waals surface area contributed by atoms with Crippen molar-refractivity contribution in [3.8, 4) is 11.8 Å². The lowest BCUT2D eigenvalue weighted by molar-refractivity contribution is 0.234. The van der Waals surface area contributed by atoms with E-state index in [0.29, 0.717) is 12.4 Å². The fourth-order valence-corrected chi connectivity index (χ4v) is 3.17. The van der Waals surface area contributed by atoms with Crippen molar-refractivity contribution in [3.05, 3.63) is 29.6 Å². The first-order valence-corrected chi connectivity index (χ1v) is 8.05. The first-order chi connectivity index (χ1) is 10.2. The first kappa shape index (κ1) is 15.8. The second kappa shape index (κ2) is 8.02. The summed E-state index contributed by atoms with van der Waals surface area (Å²) in [6.07, 6.45) is 9.00. The highest BCUT2D eigenvalue weighted by molar-refractivity contribution is 5.36. The number of hydrogen-bond donors (Lipinski definition) is 0. The Bertz CT molecular complexity index is 486. The van der Waals surface area contributed by atoms with E-state index in [-0.39, 0.29) is 5.56 Å². The molecule has 0 spiro atoms. The molecule has 0 atom stereocenters. The normalized spacial score (nSPS) is 21.8. The van der Waals surface area contributed by atoms with E-state index >= 15 is 0 Å². The van der Waals surface area contributed by atoms with Gasteiger partial charge in [0.05, 0.1) is 12.2 Å². The van der Waals surface area contributed by atoms with Gasteiger partial charge in [-0.2, -0.15) is 5.26 Å². The number of hydrogen-bond acceptors (Lipinski definition) is 2. The van der Waals surface area contributed by atoms with Crippen LogP contribution in [0.15, 0.2) is 18.2 Å². The molecule has 1 saturated carbocycles. The third-order valence-electron chi connectivity index (χ3n) is 4.63. The summed E-state index contributed by atoms with van der Waals surface area (Å²) in [6.45, 7) is 2.91. The molecule has 21 heavy (non-hydrogen) atoms. The van der Waals surface area contributed by atoms with Crippen LogP contribution in [0.3, 0.4) is 0 Å². The molecule has 0 bridgehead atoms. The van der Waals surface area contributed by atoms with Crippen LogP contribution >= 0.6 is 0 Å². The second-order valence-electron chi connectivity index (χ2n) is 6.04. The van der Waals surface area contributed by atoms with Crippen molar-refractivity contribution < 1.29 is 9.13 Å². The Morgan fingerprint density at radius 3 is 2.57 bits per heavy atom. The average Bonchev–Trinajstić information content (AvgIpc) is 2.52. The lowest BCUT2D eigenvalue weighted by Gasteiger charge is -2.27. The fourth-order valence-electron chi connectivity index (χ4n) is 3.17. The van der Waals surface area contributed by atoms with Crippen LogP contribution in [0.25, 0.3) is 0 Å². The molecule has 114 valence electrons. The molecule has 0 radical (unpaired) electrons. The van der Waals surface area contributed by atoms with E-state index in [1.807, 2.05) is 6.07 Å². The molecular weight excluding hydrogens is 265 g/mol. The van der Waals surface area contributed by atoms with Crippen molar-refractivity contribution >= 4 is 0 Å². The summed E-state index contributed by atoms with van der Waals surface area (Å²) in [5.74, 6) is 1.79. The largest absolute Gasteiger partial charge is 0.493 e. The number of nitriles is 1. The molecule has 0 N–H and O–H groups in total. The molecule has 1 aromatic carbocycles. The summed E-state index contributed by atoms with van der Waals surface area (Å²) in [4.78, 5) is 0. The molecule has 0 saturated heterocycles. The van der Waals surface area contributed by atoms with Crippen molar-refractivity contribution in [1.82, 2.24) is 0 Å². The highest BCUT2D eigenvalue weighted by Gasteiger charge is 2.19. The lowest BCUT2D eigenvalue weighted by atomic mass is 9.79. The minimum atomic E-state index is -0.507. The minimum absolute atomic E-state index is 0.0648. The zero-order chi connectivity index (χ0) is 15.1. The molecule has 2 rings (SSSR count). The van der Waals surface area contributed by atoms with Crippen molar-refractivity contribution in [3.63, 3.8) is 0 Å². The summed E-state index contributed by atoms with van der Waals surface area (Å²) < 4.78 is 19.0.